The molecule has 1 fully saturated rings. The average molecular weight is 185 g/mol. The summed E-state index contributed by atoms with van der Waals surface area (Å²) >= 11 is -0.606. The highest BCUT2D eigenvalue weighted by atomic mass is 32.2. The fourth-order valence-electron chi connectivity index (χ4n) is 1.31. The van der Waals surface area contributed by atoms with E-state index < -0.39 is 11.2 Å². The van der Waals surface area contributed by atoms with Gasteiger partial charge in [0.2, 0.25) is 0 Å². The summed E-state index contributed by atoms with van der Waals surface area (Å²) in [7, 11) is 0. The predicted molar refractivity (Wildman–Crippen MR) is 48.8 cm³/mol. The molecule has 1 aromatic rings. The van der Waals surface area contributed by atoms with Gasteiger partial charge in [0.05, 0.1) is 19.4 Å². The number of nitrogens with zero attached hydrogens (tertiary/aromatic N) is 1. The van der Waals surface area contributed by atoms with Gasteiger partial charge in [-0.2, -0.15) is 0 Å². The van der Waals surface area contributed by atoms with Crippen molar-refractivity contribution in [3.63, 3.8) is 0 Å². The molecule has 0 atom stereocenters. The molecule has 0 unspecified atom stereocenters. The second-order valence-corrected chi connectivity index (χ2v) is 4.48. The molecule has 66 valence electrons. The lowest BCUT2D eigenvalue weighted by molar-refractivity contribution is 0.539. The molecular formula is C8H11NO2S. The van der Waals surface area contributed by atoms with E-state index in [0.717, 1.165) is 30.5 Å². The van der Waals surface area contributed by atoms with Crippen LogP contribution < -0.4 is 4.90 Å². The number of rotatable bonds is 1. The van der Waals surface area contributed by atoms with Crippen LogP contribution in [-0.4, -0.2) is 29.1 Å². The third kappa shape index (κ3) is 1.59. The summed E-state index contributed by atoms with van der Waals surface area (Å²) in [5.74, 6) is 2.42. The number of furan rings is 1. The van der Waals surface area contributed by atoms with E-state index >= 15 is 0 Å². The van der Waals surface area contributed by atoms with Crippen molar-refractivity contribution in [3.8, 4) is 0 Å². The van der Waals surface area contributed by atoms with Gasteiger partial charge in [0, 0.05) is 6.07 Å². The minimum absolute atomic E-state index is 0.606. The highest BCUT2D eigenvalue weighted by Gasteiger charge is 2.20. The van der Waals surface area contributed by atoms with Crippen molar-refractivity contribution in [1.82, 2.24) is 0 Å². The molecule has 1 aliphatic rings. The van der Waals surface area contributed by atoms with Crippen LogP contribution in [-0.2, 0) is 11.2 Å². The van der Waals surface area contributed by atoms with Gasteiger partial charge in [-0.3, -0.25) is 0 Å². The lowest BCUT2D eigenvalue weighted by atomic mass is 10.5. The molecular weight excluding hydrogens is 174 g/mol. The van der Waals surface area contributed by atoms with Crippen LogP contribution >= 0.6 is 0 Å². The van der Waals surface area contributed by atoms with E-state index in [1.54, 1.807) is 6.26 Å². The smallest absolute Gasteiger partial charge is 0.195 e. The summed E-state index contributed by atoms with van der Waals surface area (Å²) in [4.78, 5) is 2.13. The molecule has 0 radical (unpaired) electrons. The maximum atomic E-state index is 11.0. The molecule has 0 N–H and O–H groups in total. The van der Waals surface area contributed by atoms with Gasteiger partial charge in [-0.1, -0.05) is 11.2 Å². The number of hydrogen-bond acceptors (Lipinski definition) is 3. The van der Waals surface area contributed by atoms with Crippen molar-refractivity contribution in [2.75, 3.05) is 29.5 Å². The van der Waals surface area contributed by atoms with Crippen molar-refractivity contribution in [2.24, 2.45) is 0 Å². The number of hydrogen-bond donors (Lipinski definition) is 0. The van der Waals surface area contributed by atoms with E-state index in [1.165, 1.54) is 0 Å². The molecule has 1 aliphatic heterocycles. The monoisotopic (exact) mass is 185 g/mol. The Morgan fingerprint density at radius 3 is 2.75 bits per heavy atom. The Bertz CT molecular complexity index is 229. The highest BCUT2D eigenvalue weighted by Crippen LogP contribution is 2.16. The van der Waals surface area contributed by atoms with Crippen molar-refractivity contribution >= 4 is 17.1 Å². The van der Waals surface area contributed by atoms with Crippen LogP contribution in [0.3, 0.4) is 0 Å². The van der Waals surface area contributed by atoms with Crippen LogP contribution in [0.5, 0.6) is 0 Å². The van der Waals surface area contributed by atoms with Crippen LogP contribution in [0.4, 0.5) is 5.88 Å². The summed E-state index contributed by atoms with van der Waals surface area (Å²) in [5.41, 5.74) is 0. The molecule has 0 amide bonds. The zero-order chi connectivity index (χ0) is 8.39. The lowest BCUT2D eigenvalue weighted by Gasteiger charge is -2.27. The van der Waals surface area contributed by atoms with E-state index in [-0.39, 0.29) is 0 Å². The first-order chi connectivity index (χ1) is 5.86. The zero-order valence-electron chi connectivity index (χ0n) is 6.73. The first kappa shape index (κ1) is 8.01. The van der Waals surface area contributed by atoms with E-state index in [4.69, 9.17) is 4.42 Å². The largest absolute Gasteiger partial charge is 0.616 e. The molecule has 0 spiro atoms. The molecule has 0 aliphatic carbocycles. The first-order valence-electron chi connectivity index (χ1n) is 4.00. The standard InChI is InChI=1S/C8H11NO2S/c10-12-6-3-9(4-7-12)8-2-1-5-11-8/h1-2,5H,3-4,6-7H2. The summed E-state index contributed by atoms with van der Waals surface area (Å²) in [5, 5.41) is 0. The van der Waals surface area contributed by atoms with Gasteiger partial charge in [-0.05, 0) is 6.07 Å². The molecule has 0 aromatic carbocycles. The van der Waals surface area contributed by atoms with Gasteiger partial charge in [0.1, 0.15) is 11.5 Å². The maximum absolute atomic E-state index is 11.0. The third-order valence-corrected chi connectivity index (χ3v) is 3.27. The quantitative estimate of drug-likeness (QED) is 0.609. The molecule has 12 heavy (non-hydrogen) atoms. The van der Waals surface area contributed by atoms with Gasteiger partial charge in [-0.15, -0.1) is 0 Å². The van der Waals surface area contributed by atoms with Gasteiger partial charge in [0.15, 0.2) is 5.88 Å². The van der Waals surface area contributed by atoms with Crippen LogP contribution in [0.1, 0.15) is 0 Å². The van der Waals surface area contributed by atoms with Gasteiger partial charge < -0.3 is 13.9 Å². The summed E-state index contributed by atoms with van der Waals surface area (Å²) in [6.45, 7) is 1.69. The molecule has 4 heteroatoms. The Hall–Kier alpha value is -0.610. The van der Waals surface area contributed by atoms with E-state index in [0.29, 0.717) is 0 Å². The number of anilines is 1. The molecule has 2 heterocycles. The Balaban J connectivity index is 1.99. The van der Waals surface area contributed by atoms with Crippen LogP contribution in [0.2, 0.25) is 0 Å². The topological polar surface area (TPSA) is 39.4 Å². The SMILES string of the molecule is [O-][S+]1CCN(c2ccco2)CC1. The van der Waals surface area contributed by atoms with Gasteiger partial charge >= 0.3 is 0 Å². The average Bonchev–Trinajstić information content (AvgIpc) is 2.58. The van der Waals surface area contributed by atoms with Crippen molar-refractivity contribution in [1.29, 1.82) is 0 Å². The zero-order valence-corrected chi connectivity index (χ0v) is 7.55. The normalized spacial score (nSPS) is 19.9. The van der Waals surface area contributed by atoms with Crippen LogP contribution in [0.15, 0.2) is 22.8 Å². The Labute approximate surface area is 74.5 Å². The molecule has 0 bridgehead atoms. The minimum Gasteiger partial charge on any atom is -0.616 e. The van der Waals surface area contributed by atoms with Crippen molar-refractivity contribution in [3.05, 3.63) is 18.4 Å². The second-order valence-electron chi connectivity index (χ2n) is 2.79. The minimum atomic E-state index is -0.606. The Morgan fingerprint density at radius 2 is 2.17 bits per heavy atom. The van der Waals surface area contributed by atoms with E-state index in [2.05, 4.69) is 4.90 Å². The van der Waals surface area contributed by atoms with Gasteiger partial charge in [-0.25, -0.2) is 0 Å². The molecule has 3 nitrogen and oxygen atoms in total. The fourth-order valence-corrected chi connectivity index (χ4v) is 2.36. The summed E-state index contributed by atoms with van der Waals surface area (Å²) < 4.78 is 16.3. The van der Waals surface area contributed by atoms with Gasteiger partial charge in [0.25, 0.3) is 0 Å². The van der Waals surface area contributed by atoms with Crippen molar-refractivity contribution in [2.45, 2.75) is 0 Å². The summed E-state index contributed by atoms with van der Waals surface area (Å²) in [6.07, 6.45) is 1.67. The second kappa shape index (κ2) is 3.41. The third-order valence-electron chi connectivity index (χ3n) is 2.00. The molecule has 2 rings (SSSR count). The predicted octanol–water partition coefficient (Wildman–Crippen LogP) is 0.848. The van der Waals surface area contributed by atoms with E-state index in [1.807, 2.05) is 12.1 Å². The van der Waals surface area contributed by atoms with Crippen LogP contribution in [0.25, 0.3) is 0 Å². The lowest BCUT2D eigenvalue weighted by Crippen LogP contribution is -2.40. The fraction of sp³-hybridized carbons (Fsp3) is 0.500. The molecule has 1 saturated heterocycles. The van der Waals surface area contributed by atoms with Crippen molar-refractivity contribution < 1.29 is 8.97 Å². The molecule has 1 aromatic heterocycles. The first-order valence-corrected chi connectivity index (χ1v) is 5.48. The maximum Gasteiger partial charge on any atom is 0.195 e. The summed E-state index contributed by atoms with van der Waals surface area (Å²) in [6, 6.07) is 3.81. The Morgan fingerprint density at radius 1 is 1.42 bits per heavy atom. The van der Waals surface area contributed by atoms with Crippen LogP contribution in [0, 0.1) is 0 Å². The molecule has 0 saturated carbocycles. The van der Waals surface area contributed by atoms with E-state index in [9.17, 15) is 4.55 Å². The Kier molecular flexibility index (Phi) is 2.28. The highest BCUT2D eigenvalue weighted by molar-refractivity contribution is 7.91.